The van der Waals surface area contributed by atoms with Gasteiger partial charge in [0.15, 0.2) is 12.4 Å². The number of hydrogen-bond donors (Lipinski definition) is 0. The Labute approximate surface area is 176 Å². The van der Waals surface area contributed by atoms with Gasteiger partial charge in [-0.15, -0.1) is 0 Å². The van der Waals surface area contributed by atoms with Gasteiger partial charge in [-0.25, -0.2) is 9.18 Å². The quantitative estimate of drug-likeness (QED) is 0.545. The molecule has 5 fully saturated rings. The number of carbonyl (C=O) groups is 3. The first kappa shape index (κ1) is 19.7. The van der Waals surface area contributed by atoms with Crippen LogP contribution in [0, 0.1) is 29.0 Å². The molecule has 30 heavy (non-hydrogen) atoms. The molecule has 4 bridgehead atoms. The number of amides is 1. The number of carbonyl (C=O) groups excluding carboxylic acids is 3. The van der Waals surface area contributed by atoms with Crippen LogP contribution >= 0.6 is 0 Å². The van der Waals surface area contributed by atoms with Crippen molar-refractivity contribution < 1.29 is 23.5 Å². The molecule has 5 aliphatic rings. The minimum atomic E-state index is -0.606. The summed E-state index contributed by atoms with van der Waals surface area (Å²) >= 11 is 0. The summed E-state index contributed by atoms with van der Waals surface area (Å²) in [5.41, 5.74) is -0.106. The first-order valence-electron chi connectivity index (χ1n) is 11.2. The average Bonchev–Trinajstić information content (AvgIpc) is 3.20. The molecule has 160 valence electrons. The lowest BCUT2D eigenvalue weighted by molar-refractivity contribution is -0.165. The van der Waals surface area contributed by atoms with E-state index in [2.05, 4.69) is 0 Å². The Balaban J connectivity index is 1.24. The third kappa shape index (κ3) is 3.44. The molecule has 1 saturated heterocycles. The zero-order valence-corrected chi connectivity index (χ0v) is 17.1. The van der Waals surface area contributed by atoms with Crippen LogP contribution in [0.5, 0.6) is 0 Å². The molecular formula is C24H28FNO4. The van der Waals surface area contributed by atoms with Crippen molar-refractivity contribution in [2.24, 2.45) is 23.2 Å². The molecule has 1 amide bonds. The predicted octanol–water partition coefficient (Wildman–Crippen LogP) is 3.76. The van der Waals surface area contributed by atoms with Crippen molar-refractivity contribution in [2.45, 2.75) is 57.4 Å². The third-order valence-corrected chi connectivity index (χ3v) is 7.77. The smallest absolute Gasteiger partial charge is 0.329 e. The van der Waals surface area contributed by atoms with Crippen molar-refractivity contribution in [2.75, 3.05) is 13.2 Å². The Hall–Kier alpha value is -2.24. The minimum Gasteiger partial charge on any atom is -0.456 e. The van der Waals surface area contributed by atoms with Crippen LogP contribution in [0.15, 0.2) is 24.3 Å². The zero-order valence-electron chi connectivity index (χ0n) is 17.1. The number of ether oxygens (including phenoxy) is 1. The van der Waals surface area contributed by atoms with E-state index in [4.69, 9.17) is 4.74 Å². The Kier molecular flexibility index (Phi) is 4.91. The Morgan fingerprint density at radius 2 is 1.73 bits per heavy atom. The monoisotopic (exact) mass is 413 g/mol. The van der Waals surface area contributed by atoms with Crippen molar-refractivity contribution >= 4 is 17.7 Å². The van der Waals surface area contributed by atoms with Crippen LogP contribution in [0.3, 0.4) is 0 Å². The van der Waals surface area contributed by atoms with Crippen molar-refractivity contribution in [3.05, 3.63) is 35.6 Å². The van der Waals surface area contributed by atoms with E-state index < -0.39 is 30.2 Å². The van der Waals surface area contributed by atoms with Crippen LogP contribution in [-0.2, 0) is 14.3 Å². The molecule has 4 saturated carbocycles. The number of hydrogen-bond acceptors (Lipinski definition) is 4. The molecule has 1 aliphatic heterocycles. The van der Waals surface area contributed by atoms with Gasteiger partial charge in [-0.1, -0.05) is 12.1 Å². The van der Waals surface area contributed by atoms with E-state index in [0.29, 0.717) is 30.7 Å². The highest BCUT2D eigenvalue weighted by Gasteiger charge is 2.57. The SMILES string of the molecule is O=C(COC(=O)[C@H]1CCCN1C(=O)C12CC3CC(CC(C3)C1)C2)c1cccc(F)c1. The number of rotatable bonds is 5. The maximum Gasteiger partial charge on any atom is 0.329 e. The third-order valence-electron chi connectivity index (χ3n) is 7.77. The van der Waals surface area contributed by atoms with Crippen molar-refractivity contribution in [1.82, 2.24) is 4.90 Å². The van der Waals surface area contributed by atoms with Gasteiger partial charge in [0.2, 0.25) is 5.91 Å². The highest BCUT2D eigenvalue weighted by atomic mass is 19.1. The fraction of sp³-hybridized carbons (Fsp3) is 0.625. The topological polar surface area (TPSA) is 63.7 Å². The molecule has 6 heteroatoms. The van der Waals surface area contributed by atoms with Gasteiger partial charge in [0, 0.05) is 12.1 Å². The second kappa shape index (κ2) is 7.47. The summed E-state index contributed by atoms with van der Waals surface area (Å²) in [6.45, 7) is 0.149. The summed E-state index contributed by atoms with van der Waals surface area (Å²) in [5, 5.41) is 0. The summed E-state index contributed by atoms with van der Waals surface area (Å²) in [6.07, 6.45) is 8.04. The van der Waals surface area contributed by atoms with E-state index in [-0.39, 0.29) is 16.9 Å². The van der Waals surface area contributed by atoms with Crippen LogP contribution in [0.2, 0.25) is 0 Å². The van der Waals surface area contributed by atoms with E-state index >= 15 is 0 Å². The summed E-state index contributed by atoms with van der Waals surface area (Å²) in [6, 6.07) is 4.74. The fourth-order valence-corrected chi connectivity index (χ4v) is 6.91. The highest BCUT2D eigenvalue weighted by Crippen LogP contribution is 2.60. The Morgan fingerprint density at radius 1 is 1.07 bits per heavy atom. The predicted molar refractivity (Wildman–Crippen MR) is 107 cm³/mol. The number of Topliss-reactive ketones (excluding diaryl/α,β-unsaturated/α-hetero) is 1. The van der Waals surface area contributed by atoms with Gasteiger partial charge < -0.3 is 9.64 Å². The number of halogens is 1. The van der Waals surface area contributed by atoms with Crippen molar-refractivity contribution in [3.63, 3.8) is 0 Å². The summed E-state index contributed by atoms with van der Waals surface area (Å²) in [4.78, 5) is 40.3. The average molecular weight is 413 g/mol. The lowest BCUT2D eigenvalue weighted by atomic mass is 9.49. The molecule has 4 aliphatic carbocycles. The molecule has 1 atom stereocenters. The Morgan fingerprint density at radius 3 is 2.37 bits per heavy atom. The molecule has 1 aromatic rings. The van der Waals surface area contributed by atoms with E-state index in [1.807, 2.05) is 0 Å². The standard InChI is InChI=1S/C24H28FNO4/c25-19-4-1-3-18(10-19)21(27)14-30-22(28)20-5-2-6-26(20)23(29)24-11-15-7-16(12-24)9-17(8-15)13-24/h1,3-4,10,15-17,20H,2,5-9,11-14H2/t15?,16?,17?,20-,24?/m1/s1. The van der Waals surface area contributed by atoms with Gasteiger partial charge in [0.25, 0.3) is 0 Å². The van der Waals surface area contributed by atoms with Gasteiger partial charge in [-0.05, 0) is 81.3 Å². The lowest BCUT2D eigenvalue weighted by Crippen LogP contribution is -2.56. The molecule has 1 heterocycles. The number of likely N-dealkylation sites (tertiary alicyclic amines) is 1. The maximum atomic E-state index is 13.6. The largest absolute Gasteiger partial charge is 0.456 e. The van der Waals surface area contributed by atoms with Crippen LogP contribution < -0.4 is 0 Å². The van der Waals surface area contributed by atoms with Gasteiger partial charge in [-0.3, -0.25) is 9.59 Å². The van der Waals surface area contributed by atoms with E-state index in [9.17, 15) is 18.8 Å². The molecule has 0 N–H and O–H groups in total. The molecule has 6 rings (SSSR count). The molecule has 5 nitrogen and oxygen atoms in total. The summed E-state index contributed by atoms with van der Waals surface area (Å²) in [7, 11) is 0. The first-order valence-corrected chi connectivity index (χ1v) is 11.2. The van der Waals surface area contributed by atoms with Crippen LogP contribution in [0.25, 0.3) is 0 Å². The van der Waals surface area contributed by atoms with Gasteiger partial charge in [-0.2, -0.15) is 0 Å². The normalized spacial score (nSPS) is 34.2. The van der Waals surface area contributed by atoms with Gasteiger partial charge in [0.05, 0.1) is 5.41 Å². The number of esters is 1. The second-order valence-corrected chi connectivity index (χ2v) is 9.90. The molecular weight excluding hydrogens is 385 g/mol. The summed E-state index contributed by atoms with van der Waals surface area (Å²) < 4.78 is 18.6. The van der Waals surface area contributed by atoms with Crippen LogP contribution in [0.1, 0.15) is 61.7 Å². The lowest BCUT2D eigenvalue weighted by Gasteiger charge is -2.56. The van der Waals surface area contributed by atoms with Crippen molar-refractivity contribution in [3.8, 4) is 0 Å². The minimum absolute atomic E-state index is 0.137. The molecule has 0 radical (unpaired) electrons. The van der Waals surface area contributed by atoms with E-state index in [1.54, 1.807) is 4.90 Å². The van der Waals surface area contributed by atoms with E-state index in [0.717, 1.165) is 31.7 Å². The summed E-state index contributed by atoms with van der Waals surface area (Å²) in [5.74, 6) is 0.661. The second-order valence-electron chi connectivity index (χ2n) is 9.90. The molecule has 0 aromatic heterocycles. The van der Waals surface area contributed by atoms with Gasteiger partial charge >= 0.3 is 5.97 Å². The number of nitrogens with zero attached hydrogens (tertiary/aromatic N) is 1. The Bertz CT molecular complexity index is 846. The first-order chi connectivity index (χ1) is 14.4. The highest BCUT2D eigenvalue weighted by molar-refractivity contribution is 5.98. The van der Waals surface area contributed by atoms with Crippen LogP contribution in [0.4, 0.5) is 4.39 Å². The van der Waals surface area contributed by atoms with E-state index in [1.165, 1.54) is 37.5 Å². The molecule has 0 unspecified atom stereocenters. The molecule has 0 spiro atoms. The fourth-order valence-electron chi connectivity index (χ4n) is 6.91. The van der Waals surface area contributed by atoms with Crippen molar-refractivity contribution in [1.29, 1.82) is 0 Å². The maximum absolute atomic E-state index is 13.6. The zero-order chi connectivity index (χ0) is 20.9. The van der Waals surface area contributed by atoms with Crippen LogP contribution in [-0.4, -0.2) is 41.8 Å². The van der Waals surface area contributed by atoms with Gasteiger partial charge in [0.1, 0.15) is 11.9 Å². The number of ketones is 1. The molecule has 1 aromatic carbocycles. The number of benzene rings is 1.